The first kappa shape index (κ1) is 11.4. The highest BCUT2D eigenvalue weighted by atomic mass is 19.4. The van der Waals surface area contributed by atoms with E-state index in [4.69, 9.17) is 0 Å². The summed E-state index contributed by atoms with van der Waals surface area (Å²) in [4.78, 5) is 10.6. The standard InChI is InChI=1S/C9H5F3N2O3/c10-9(11,12)17-4-1-2-6-5(3-4)7(8(15)16)14-13-6/h1,3H,2H2,(H,15,16)/p-1. The van der Waals surface area contributed by atoms with E-state index in [-0.39, 0.29) is 17.7 Å². The van der Waals surface area contributed by atoms with Gasteiger partial charge < -0.3 is 14.6 Å². The van der Waals surface area contributed by atoms with Gasteiger partial charge in [0.25, 0.3) is 0 Å². The predicted octanol–water partition coefficient (Wildman–Crippen LogP) is 0.297. The van der Waals surface area contributed by atoms with Crippen LogP contribution in [0.1, 0.15) is 6.42 Å². The number of rotatable bonds is 2. The average Bonchev–Trinajstić information content (AvgIpc) is 2.57. The van der Waals surface area contributed by atoms with Crippen LogP contribution < -0.4 is 5.11 Å². The van der Waals surface area contributed by atoms with Gasteiger partial charge in [0.2, 0.25) is 0 Å². The van der Waals surface area contributed by atoms with Crippen molar-refractivity contribution in [2.24, 2.45) is 10.2 Å². The van der Waals surface area contributed by atoms with Crippen molar-refractivity contribution < 1.29 is 27.8 Å². The maximum Gasteiger partial charge on any atom is 0.573 e. The largest absolute Gasteiger partial charge is 0.573 e. The summed E-state index contributed by atoms with van der Waals surface area (Å²) >= 11 is 0. The Bertz CT molecular complexity index is 500. The first-order valence-corrected chi connectivity index (χ1v) is 4.41. The van der Waals surface area contributed by atoms with Crippen molar-refractivity contribution >= 4 is 17.4 Å². The minimum atomic E-state index is -4.82. The second-order valence-electron chi connectivity index (χ2n) is 3.20. The molecule has 0 unspecified atom stereocenters. The van der Waals surface area contributed by atoms with Gasteiger partial charge in [-0.15, -0.1) is 18.3 Å². The van der Waals surface area contributed by atoms with Crippen molar-refractivity contribution in [2.45, 2.75) is 12.8 Å². The van der Waals surface area contributed by atoms with Gasteiger partial charge in [0.05, 0.1) is 11.7 Å². The molecular weight excluding hydrogens is 241 g/mol. The molecule has 5 nitrogen and oxygen atoms in total. The third-order valence-corrected chi connectivity index (χ3v) is 2.05. The van der Waals surface area contributed by atoms with E-state index in [1.807, 2.05) is 0 Å². The molecule has 1 aliphatic heterocycles. The van der Waals surface area contributed by atoms with Gasteiger partial charge in [-0.2, -0.15) is 5.10 Å². The number of aliphatic carboxylic acids is 1. The lowest BCUT2D eigenvalue weighted by Gasteiger charge is -2.15. The van der Waals surface area contributed by atoms with Gasteiger partial charge in [0.1, 0.15) is 11.5 Å². The van der Waals surface area contributed by atoms with Crippen molar-refractivity contribution in [3.63, 3.8) is 0 Å². The zero-order valence-corrected chi connectivity index (χ0v) is 8.11. The monoisotopic (exact) mass is 245 g/mol. The van der Waals surface area contributed by atoms with E-state index in [1.54, 1.807) is 0 Å². The second kappa shape index (κ2) is 3.72. The number of carboxylic acids is 1. The minimum Gasteiger partial charge on any atom is -0.543 e. The normalized spacial score (nSPS) is 18.8. The van der Waals surface area contributed by atoms with Gasteiger partial charge >= 0.3 is 6.36 Å². The second-order valence-corrected chi connectivity index (χ2v) is 3.20. The zero-order chi connectivity index (χ0) is 12.6. The number of carboxylic acid groups (broad SMARTS) is 1. The summed E-state index contributed by atoms with van der Waals surface area (Å²) in [6.45, 7) is 0. The first-order valence-electron chi connectivity index (χ1n) is 4.41. The number of alkyl halides is 3. The number of allylic oxidation sites excluding steroid dienone is 2. The SMILES string of the molecule is O=C([O-])C1=NN=C2CC=C(OC(F)(F)F)C=C21. The van der Waals surface area contributed by atoms with Gasteiger partial charge in [-0.1, -0.05) is 0 Å². The summed E-state index contributed by atoms with van der Waals surface area (Å²) in [6.07, 6.45) is -2.73. The molecule has 0 fully saturated rings. The number of fused-ring (bicyclic) bond motifs is 1. The smallest absolute Gasteiger partial charge is 0.543 e. The van der Waals surface area contributed by atoms with E-state index in [2.05, 4.69) is 14.9 Å². The Balaban J connectivity index is 2.24. The van der Waals surface area contributed by atoms with Gasteiger partial charge in [-0.05, 0) is 12.2 Å². The van der Waals surface area contributed by atoms with Crippen LogP contribution in [0.5, 0.6) is 0 Å². The van der Waals surface area contributed by atoms with E-state index >= 15 is 0 Å². The van der Waals surface area contributed by atoms with Crippen LogP contribution in [-0.2, 0) is 9.53 Å². The molecule has 2 rings (SSSR count). The molecule has 8 heteroatoms. The quantitative estimate of drug-likeness (QED) is 0.702. The highest BCUT2D eigenvalue weighted by Gasteiger charge is 2.33. The topological polar surface area (TPSA) is 74.1 Å². The lowest BCUT2D eigenvalue weighted by molar-refractivity contribution is -0.303. The number of hydrogen-bond donors (Lipinski definition) is 0. The summed E-state index contributed by atoms with van der Waals surface area (Å²) < 4.78 is 39.6. The van der Waals surface area contributed by atoms with Crippen LogP contribution in [0.25, 0.3) is 0 Å². The molecule has 0 N–H and O–H groups in total. The molecule has 0 spiro atoms. The minimum absolute atomic E-state index is 0.00764. The van der Waals surface area contributed by atoms with Crippen molar-refractivity contribution in [1.82, 2.24) is 0 Å². The van der Waals surface area contributed by atoms with Crippen LogP contribution in [0, 0.1) is 0 Å². The third-order valence-electron chi connectivity index (χ3n) is 2.05. The highest BCUT2D eigenvalue weighted by molar-refractivity contribution is 6.50. The lowest BCUT2D eigenvalue weighted by Crippen LogP contribution is -2.33. The number of nitrogens with zero attached hydrogens (tertiary/aromatic N) is 2. The van der Waals surface area contributed by atoms with Crippen molar-refractivity contribution in [2.75, 3.05) is 0 Å². The number of hydrogen-bond acceptors (Lipinski definition) is 5. The van der Waals surface area contributed by atoms with Gasteiger partial charge in [-0.3, -0.25) is 0 Å². The van der Waals surface area contributed by atoms with E-state index in [9.17, 15) is 23.1 Å². The molecular formula is C9H4F3N2O3-. The highest BCUT2D eigenvalue weighted by Crippen LogP contribution is 2.27. The van der Waals surface area contributed by atoms with Gasteiger partial charge in [-0.25, -0.2) is 0 Å². The Morgan fingerprint density at radius 3 is 2.71 bits per heavy atom. The Hall–Kier alpha value is -2.12. The van der Waals surface area contributed by atoms with E-state index in [0.29, 0.717) is 0 Å². The van der Waals surface area contributed by atoms with Crippen LogP contribution in [0.4, 0.5) is 13.2 Å². The van der Waals surface area contributed by atoms with Crippen LogP contribution in [0.2, 0.25) is 0 Å². The molecule has 17 heavy (non-hydrogen) atoms. The van der Waals surface area contributed by atoms with Crippen molar-refractivity contribution in [1.29, 1.82) is 0 Å². The lowest BCUT2D eigenvalue weighted by atomic mass is 9.98. The maximum absolute atomic E-state index is 12.0. The van der Waals surface area contributed by atoms with Crippen LogP contribution in [0.3, 0.4) is 0 Å². The molecule has 0 saturated heterocycles. The third kappa shape index (κ3) is 2.35. The number of carbonyl (C=O) groups is 1. The molecule has 0 saturated carbocycles. The van der Waals surface area contributed by atoms with E-state index in [1.165, 1.54) is 0 Å². The molecule has 0 bridgehead atoms. The number of carbonyl (C=O) groups excluding carboxylic acids is 1. The van der Waals surface area contributed by atoms with Crippen LogP contribution in [-0.4, -0.2) is 23.8 Å². The molecule has 2 aliphatic rings. The Morgan fingerprint density at radius 1 is 1.41 bits per heavy atom. The molecule has 1 aliphatic carbocycles. The Labute approximate surface area is 92.6 Å². The Kier molecular flexibility index (Phi) is 2.49. The molecule has 1 heterocycles. The Morgan fingerprint density at radius 2 is 2.12 bits per heavy atom. The van der Waals surface area contributed by atoms with E-state index < -0.39 is 23.8 Å². The van der Waals surface area contributed by atoms with Gasteiger partial charge in [0.15, 0.2) is 0 Å². The molecule has 0 aromatic heterocycles. The first-order chi connectivity index (χ1) is 7.87. The summed E-state index contributed by atoms with van der Waals surface area (Å²) in [5, 5.41) is 17.5. The predicted molar refractivity (Wildman–Crippen MR) is 47.8 cm³/mol. The summed E-state index contributed by atoms with van der Waals surface area (Å²) in [6, 6.07) is 0. The average molecular weight is 245 g/mol. The number of ether oxygens (including phenoxy) is 1. The van der Waals surface area contributed by atoms with Crippen LogP contribution in [0.15, 0.2) is 33.7 Å². The van der Waals surface area contributed by atoms with Gasteiger partial charge in [0, 0.05) is 12.0 Å². The fourth-order valence-corrected chi connectivity index (χ4v) is 1.41. The van der Waals surface area contributed by atoms with Crippen molar-refractivity contribution in [3.8, 4) is 0 Å². The zero-order valence-electron chi connectivity index (χ0n) is 8.11. The fourth-order valence-electron chi connectivity index (χ4n) is 1.41. The summed E-state index contributed by atoms with van der Waals surface area (Å²) in [7, 11) is 0. The molecule has 0 amide bonds. The molecule has 0 atom stereocenters. The molecule has 90 valence electrons. The van der Waals surface area contributed by atoms with Crippen LogP contribution >= 0.6 is 0 Å². The van der Waals surface area contributed by atoms with E-state index in [0.717, 1.165) is 12.2 Å². The summed E-state index contributed by atoms with van der Waals surface area (Å²) in [5.41, 5.74) is -0.221. The number of halogens is 3. The molecule has 0 radical (unpaired) electrons. The molecule has 0 aromatic carbocycles. The fraction of sp³-hybridized carbons (Fsp3) is 0.222. The summed E-state index contributed by atoms with van der Waals surface area (Å²) in [5.74, 6) is -2.08. The maximum atomic E-state index is 12.0. The molecule has 0 aromatic rings. The van der Waals surface area contributed by atoms with Crippen molar-refractivity contribution in [3.05, 3.63) is 23.5 Å².